The first-order chi connectivity index (χ1) is 7.75. The van der Waals surface area contributed by atoms with Crippen LogP contribution in [0.15, 0.2) is 12.2 Å². The quantitative estimate of drug-likeness (QED) is 0.738. The molecule has 2 nitrogen and oxygen atoms in total. The van der Waals surface area contributed by atoms with E-state index < -0.39 is 0 Å². The summed E-state index contributed by atoms with van der Waals surface area (Å²) in [5.41, 5.74) is 0. The molecule has 1 N–H and O–H groups in total. The van der Waals surface area contributed by atoms with Crippen molar-refractivity contribution < 1.29 is 0 Å². The SMILES string of the molecule is CC(C)N1CCCC(NC2CC=CC2)CC1. The number of nitrogens with zero attached hydrogens (tertiary/aromatic N) is 1. The summed E-state index contributed by atoms with van der Waals surface area (Å²) in [7, 11) is 0. The van der Waals surface area contributed by atoms with Crippen LogP contribution in [0.2, 0.25) is 0 Å². The molecule has 0 aromatic rings. The van der Waals surface area contributed by atoms with Crippen molar-refractivity contribution in [2.45, 2.75) is 64.1 Å². The van der Waals surface area contributed by atoms with Gasteiger partial charge < -0.3 is 10.2 Å². The summed E-state index contributed by atoms with van der Waals surface area (Å²) in [6, 6.07) is 2.20. The Hall–Kier alpha value is -0.340. The average molecular weight is 222 g/mol. The highest BCUT2D eigenvalue weighted by atomic mass is 15.1. The van der Waals surface area contributed by atoms with Gasteiger partial charge in [-0.3, -0.25) is 0 Å². The number of nitrogens with one attached hydrogen (secondary N) is 1. The van der Waals surface area contributed by atoms with E-state index in [-0.39, 0.29) is 0 Å². The van der Waals surface area contributed by atoms with Gasteiger partial charge in [0, 0.05) is 18.1 Å². The van der Waals surface area contributed by atoms with Crippen LogP contribution in [-0.4, -0.2) is 36.1 Å². The van der Waals surface area contributed by atoms with Gasteiger partial charge in [-0.25, -0.2) is 0 Å². The minimum atomic E-state index is 0.715. The lowest BCUT2D eigenvalue weighted by Crippen LogP contribution is -2.38. The lowest BCUT2D eigenvalue weighted by molar-refractivity contribution is 0.228. The summed E-state index contributed by atoms with van der Waals surface area (Å²) in [4.78, 5) is 2.62. The van der Waals surface area contributed by atoms with Crippen molar-refractivity contribution in [2.75, 3.05) is 13.1 Å². The first kappa shape index (κ1) is 12.1. The van der Waals surface area contributed by atoms with Crippen molar-refractivity contribution in [1.29, 1.82) is 0 Å². The second-order valence-corrected chi connectivity index (χ2v) is 5.56. The van der Waals surface area contributed by atoms with Crippen LogP contribution < -0.4 is 5.32 Å². The molecular weight excluding hydrogens is 196 g/mol. The molecular formula is C14H26N2. The molecule has 0 spiro atoms. The number of hydrogen-bond acceptors (Lipinski definition) is 2. The van der Waals surface area contributed by atoms with Crippen LogP contribution in [0, 0.1) is 0 Å². The van der Waals surface area contributed by atoms with Gasteiger partial charge in [0.25, 0.3) is 0 Å². The van der Waals surface area contributed by atoms with Crippen molar-refractivity contribution >= 4 is 0 Å². The van der Waals surface area contributed by atoms with Crippen molar-refractivity contribution in [3.8, 4) is 0 Å². The minimum Gasteiger partial charge on any atom is -0.311 e. The molecule has 0 bridgehead atoms. The molecule has 1 aliphatic carbocycles. The van der Waals surface area contributed by atoms with E-state index in [0.717, 1.165) is 12.1 Å². The van der Waals surface area contributed by atoms with Gasteiger partial charge in [0.1, 0.15) is 0 Å². The molecule has 92 valence electrons. The summed E-state index contributed by atoms with van der Waals surface area (Å²) in [5, 5.41) is 3.83. The largest absolute Gasteiger partial charge is 0.311 e. The molecule has 0 amide bonds. The van der Waals surface area contributed by atoms with E-state index in [1.165, 1.54) is 45.2 Å². The van der Waals surface area contributed by atoms with Crippen molar-refractivity contribution in [2.24, 2.45) is 0 Å². The fourth-order valence-electron chi connectivity index (χ4n) is 2.89. The van der Waals surface area contributed by atoms with E-state index in [1.54, 1.807) is 0 Å². The van der Waals surface area contributed by atoms with E-state index >= 15 is 0 Å². The average Bonchev–Trinajstić information content (AvgIpc) is 2.63. The molecule has 1 aliphatic heterocycles. The summed E-state index contributed by atoms with van der Waals surface area (Å²) >= 11 is 0. The fourth-order valence-corrected chi connectivity index (χ4v) is 2.89. The van der Waals surface area contributed by atoms with Gasteiger partial charge in [0.2, 0.25) is 0 Å². The predicted octanol–water partition coefficient (Wildman–Crippen LogP) is 2.56. The molecule has 1 heterocycles. The zero-order chi connectivity index (χ0) is 11.4. The maximum absolute atomic E-state index is 3.83. The van der Waals surface area contributed by atoms with Crippen LogP contribution in [0.1, 0.15) is 46.0 Å². The van der Waals surface area contributed by atoms with Crippen LogP contribution in [-0.2, 0) is 0 Å². The molecule has 2 heteroatoms. The highest BCUT2D eigenvalue weighted by Gasteiger charge is 2.21. The molecule has 16 heavy (non-hydrogen) atoms. The van der Waals surface area contributed by atoms with E-state index in [9.17, 15) is 0 Å². The maximum Gasteiger partial charge on any atom is 0.0139 e. The minimum absolute atomic E-state index is 0.715. The second-order valence-electron chi connectivity index (χ2n) is 5.56. The van der Waals surface area contributed by atoms with Crippen LogP contribution in [0.5, 0.6) is 0 Å². The van der Waals surface area contributed by atoms with E-state index in [0.29, 0.717) is 6.04 Å². The van der Waals surface area contributed by atoms with Gasteiger partial charge in [-0.1, -0.05) is 12.2 Å². The molecule has 1 saturated heterocycles. The number of likely N-dealkylation sites (tertiary alicyclic amines) is 1. The van der Waals surface area contributed by atoms with Crippen molar-refractivity contribution in [1.82, 2.24) is 10.2 Å². The lowest BCUT2D eigenvalue weighted by Gasteiger charge is -2.25. The zero-order valence-corrected chi connectivity index (χ0v) is 10.8. The molecule has 0 radical (unpaired) electrons. The Balaban J connectivity index is 1.75. The number of hydrogen-bond donors (Lipinski definition) is 1. The van der Waals surface area contributed by atoms with Crippen LogP contribution in [0.4, 0.5) is 0 Å². The Labute approximate surface area is 100 Å². The second kappa shape index (κ2) is 5.83. The van der Waals surface area contributed by atoms with Crippen LogP contribution in [0.25, 0.3) is 0 Å². The first-order valence-corrected chi connectivity index (χ1v) is 6.91. The lowest BCUT2D eigenvalue weighted by atomic mass is 10.1. The molecule has 0 saturated carbocycles. The molecule has 1 atom stereocenters. The molecule has 1 unspecified atom stereocenters. The van der Waals surface area contributed by atoms with Gasteiger partial charge in [-0.2, -0.15) is 0 Å². The Kier molecular flexibility index (Phi) is 4.42. The summed E-state index contributed by atoms with van der Waals surface area (Å²) in [5.74, 6) is 0. The summed E-state index contributed by atoms with van der Waals surface area (Å²) < 4.78 is 0. The molecule has 2 aliphatic rings. The third kappa shape index (κ3) is 3.33. The third-order valence-electron chi connectivity index (χ3n) is 3.97. The standard InChI is InChI=1S/C14H26N2/c1-12(2)16-10-5-8-14(9-11-16)15-13-6-3-4-7-13/h3-4,12-15H,5-11H2,1-2H3. The van der Waals surface area contributed by atoms with Gasteiger partial charge in [0.15, 0.2) is 0 Å². The predicted molar refractivity (Wildman–Crippen MR) is 69.6 cm³/mol. The van der Waals surface area contributed by atoms with E-state index in [2.05, 4.69) is 36.2 Å². The van der Waals surface area contributed by atoms with Gasteiger partial charge >= 0.3 is 0 Å². The highest BCUT2D eigenvalue weighted by molar-refractivity contribution is 4.98. The van der Waals surface area contributed by atoms with Crippen LogP contribution >= 0.6 is 0 Å². The molecule has 0 aromatic heterocycles. The first-order valence-electron chi connectivity index (χ1n) is 6.91. The van der Waals surface area contributed by atoms with E-state index in [4.69, 9.17) is 0 Å². The Morgan fingerprint density at radius 3 is 2.50 bits per heavy atom. The van der Waals surface area contributed by atoms with Gasteiger partial charge in [0.05, 0.1) is 0 Å². The van der Waals surface area contributed by atoms with Crippen molar-refractivity contribution in [3.63, 3.8) is 0 Å². The Morgan fingerprint density at radius 1 is 1.06 bits per heavy atom. The monoisotopic (exact) mass is 222 g/mol. The zero-order valence-electron chi connectivity index (χ0n) is 10.8. The number of rotatable bonds is 3. The molecule has 0 aromatic carbocycles. The fraction of sp³-hybridized carbons (Fsp3) is 0.857. The normalized spacial score (nSPS) is 28.8. The van der Waals surface area contributed by atoms with E-state index in [1.807, 2.05) is 0 Å². The van der Waals surface area contributed by atoms with Gasteiger partial charge in [-0.15, -0.1) is 0 Å². The van der Waals surface area contributed by atoms with Crippen molar-refractivity contribution in [3.05, 3.63) is 12.2 Å². The smallest absolute Gasteiger partial charge is 0.0139 e. The molecule has 2 rings (SSSR count). The summed E-state index contributed by atoms with van der Waals surface area (Å²) in [6.07, 6.45) is 11.2. The van der Waals surface area contributed by atoms with Gasteiger partial charge in [-0.05, 0) is 59.0 Å². The molecule has 1 fully saturated rings. The van der Waals surface area contributed by atoms with Crippen LogP contribution in [0.3, 0.4) is 0 Å². The third-order valence-corrected chi connectivity index (χ3v) is 3.97. The topological polar surface area (TPSA) is 15.3 Å². The maximum atomic E-state index is 3.83. The highest BCUT2D eigenvalue weighted by Crippen LogP contribution is 2.17. The Bertz CT molecular complexity index is 227. The Morgan fingerprint density at radius 2 is 1.81 bits per heavy atom. The summed E-state index contributed by atoms with van der Waals surface area (Å²) in [6.45, 7) is 7.19.